The third kappa shape index (κ3) is 2.71. The van der Waals surface area contributed by atoms with E-state index in [-0.39, 0.29) is 0 Å². The van der Waals surface area contributed by atoms with Crippen molar-refractivity contribution >= 4 is 10.9 Å². The monoisotopic (exact) mass is 268 g/mol. The molecule has 2 heteroatoms. The number of fused-ring (bicyclic) bond motifs is 1. The number of benzene rings is 1. The van der Waals surface area contributed by atoms with E-state index in [1.54, 1.807) is 0 Å². The lowest BCUT2D eigenvalue weighted by molar-refractivity contribution is 0.688. The van der Waals surface area contributed by atoms with E-state index in [2.05, 4.69) is 50.4 Å². The number of hydrogen-bond acceptors (Lipinski definition) is 2. The van der Waals surface area contributed by atoms with Crippen molar-refractivity contribution in [3.8, 4) is 0 Å². The van der Waals surface area contributed by atoms with Crippen LogP contribution in [0.4, 0.5) is 0 Å². The molecule has 1 saturated carbocycles. The molecule has 1 aliphatic carbocycles. The van der Waals surface area contributed by atoms with Crippen LogP contribution in [-0.2, 0) is 13.0 Å². The largest absolute Gasteiger partial charge is 0.310 e. The molecule has 1 fully saturated rings. The SMILES string of the molecule is CCc1cccc2c(CNC3CC3)cc(C(C)C)nc12. The first-order chi connectivity index (χ1) is 9.69. The van der Waals surface area contributed by atoms with E-state index in [4.69, 9.17) is 4.98 Å². The van der Waals surface area contributed by atoms with Gasteiger partial charge in [-0.3, -0.25) is 4.98 Å². The molecule has 0 bridgehead atoms. The standard InChI is InChI=1S/C18H24N2/c1-4-13-6-5-7-16-14(11-19-15-8-9-15)10-17(12(2)3)20-18(13)16/h5-7,10,12,15,19H,4,8-9,11H2,1-3H3. The Hall–Kier alpha value is -1.41. The van der Waals surface area contributed by atoms with Crippen LogP contribution in [0.25, 0.3) is 10.9 Å². The van der Waals surface area contributed by atoms with Crippen molar-refractivity contribution in [2.45, 2.75) is 58.5 Å². The summed E-state index contributed by atoms with van der Waals surface area (Å²) in [5, 5.41) is 4.96. The molecule has 1 aromatic carbocycles. The minimum absolute atomic E-state index is 0.476. The summed E-state index contributed by atoms with van der Waals surface area (Å²) >= 11 is 0. The summed E-state index contributed by atoms with van der Waals surface area (Å²) < 4.78 is 0. The average Bonchev–Trinajstić information content (AvgIpc) is 3.27. The average molecular weight is 268 g/mol. The molecule has 0 saturated heterocycles. The Morgan fingerprint density at radius 3 is 2.70 bits per heavy atom. The van der Waals surface area contributed by atoms with Crippen molar-refractivity contribution in [3.63, 3.8) is 0 Å². The highest BCUT2D eigenvalue weighted by Crippen LogP contribution is 2.26. The Balaban J connectivity index is 2.08. The van der Waals surface area contributed by atoms with Crippen LogP contribution >= 0.6 is 0 Å². The zero-order valence-electron chi connectivity index (χ0n) is 12.7. The predicted molar refractivity (Wildman–Crippen MR) is 85.1 cm³/mol. The smallest absolute Gasteiger partial charge is 0.0740 e. The van der Waals surface area contributed by atoms with Gasteiger partial charge < -0.3 is 5.32 Å². The maximum absolute atomic E-state index is 4.92. The molecule has 0 atom stereocenters. The number of pyridine rings is 1. The predicted octanol–water partition coefficient (Wildman–Crippen LogP) is 4.17. The number of hydrogen-bond donors (Lipinski definition) is 1. The first-order valence-corrected chi connectivity index (χ1v) is 7.83. The molecule has 1 N–H and O–H groups in total. The molecule has 3 rings (SSSR count). The minimum Gasteiger partial charge on any atom is -0.310 e. The van der Waals surface area contributed by atoms with Crippen molar-refractivity contribution in [1.29, 1.82) is 0 Å². The van der Waals surface area contributed by atoms with E-state index in [1.807, 2.05) is 0 Å². The molecule has 0 spiro atoms. The zero-order valence-corrected chi connectivity index (χ0v) is 12.7. The fourth-order valence-electron chi connectivity index (χ4n) is 2.67. The van der Waals surface area contributed by atoms with Gasteiger partial charge in [0.2, 0.25) is 0 Å². The summed E-state index contributed by atoms with van der Waals surface area (Å²) in [7, 11) is 0. The van der Waals surface area contributed by atoms with Crippen LogP contribution in [0.2, 0.25) is 0 Å². The van der Waals surface area contributed by atoms with E-state index in [0.29, 0.717) is 5.92 Å². The molecule has 106 valence electrons. The molecule has 1 aromatic heterocycles. The van der Waals surface area contributed by atoms with E-state index >= 15 is 0 Å². The highest BCUT2D eigenvalue weighted by atomic mass is 14.9. The number of nitrogens with zero attached hydrogens (tertiary/aromatic N) is 1. The Kier molecular flexibility index (Phi) is 3.75. The second-order valence-electron chi connectivity index (χ2n) is 6.18. The quantitative estimate of drug-likeness (QED) is 0.880. The van der Waals surface area contributed by atoms with Crippen LogP contribution in [0.15, 0.2) is 24.3 Å². The summed E-state index contributed by atoms with van der Waals surface area (Å²) in [6.07, 6.45) is 3.71. The zero-order chi connectivity index (χ0) is 14.1. The van der Waals surface area contributed by atoms with E-state index in [9.17, 15) is 0 Å². The topological polar surface area (TPSA) is 24.9 Å². The number of nitrogens with one attached hydrogen (secondary N) is 1. The Labute approximate surface area is 121 Å². The Morgan fingerprint density at radius 1 is 1.25 bits per heavy atom. The highest BCUT2D eigenvalue weighted by molar-refractivity contribution is 5.85. The molecule has 0 unspecified atom stereocenters. The maximum Gasteiger partial charge on any atom is 0.0740 e. The summed E-state index contributed by atoms with van der Waals surface area (Å²) in [5.41, 5.74) is 5.18. The second kappa shape index (κ2) is 5.53. The van der Waals surface area contributed by atoms with Gasteiger partial charge in [-0.2, -0.15) is 0 Å². The van der Waals surface area contributed by atoms with Gasteiger partial charge in [0, 0.05) is 23.7 Å². The molecule has 2 nitrogen and oxygen atoms in total. The molecular formula is C18H24N2. The number of rotatable bonds is 5. The van der Waals surface area contributed by atoms with Crippen LogP contribution in [0, 0.1) is 0 Å². The normalized spacial score (nSPS) is 15.2. The Morgan fingerprint density at radius 2 is 2.05 bits per heavy atom. The van der Waals surface area contributed by atoms with E-state index in [0.717, 1.165) is 19.0 Å². The highest BCUT2D eigenvalue weighted by Gasteiger charge is 2.20. The summed E-state index contributed by atoms with van der Waals surface area (Å²) in [4.78, 5) is 4.92. The van der Waals surface area contributed by atoms with Gasteiger partial charge in [-0.25, -0.2) is 0 Å². The fraction of sp³-hybridized carbons (Fsp3) is 0.500. The molecular weight excluding hydrogens is 244 g/mol. The number of para-hydroxylation sites is 1. The van der Waals surface area contributed by atoms with Gasteiger partial charge in [-0.1, -0.05) is 39.0 Å². The lowest BCUT2D eigenvalue weighted by atomic mass is 9.99. The lowest BCUT2D eigenvalue weighted by Crippen LogP contribution is -2.16. The molecule has 20 heavy (non-hydrogen) atoms. The van der Waals surface area contributed by atoms with Crippen LogP contribution < -0.4 is 5.32 Å². The lowest BCUT2D eigenvalue weighted by Gasteiger charge is -2.14. The molecule has 0 amide bonds. The second-order valence-corrected chi connectivity index (χ2v) is 6.18. The van der Waals surface area contributed by atoms with Crippen molar-refractivity contribution in [1.82, 2.24) is 10.3 Å². The van der Waals surface area contributed by atoms with Gasteiger partial charge in [0.05, 0.1) is 5.52 Å². The molecule has 0 aliphatic heterocycles. The van der Waals surface area contributed by atoms with Gasteiger partial charge in [0.25, 0.3) is 0 Å². The summed E-state index contributed by atoms with van der Waals surface area (Å²) in [5.74, 6) is 0.476. The van der Waals surface area contributed by atoms with E-state index < -0.39 is 0 Å². The third-order valence-corrected chi connectivity index (χ3v) is 4.16. The van der Waals surface area contributed by atoms with Crippen LogP contribution in [0.1, 0.15) is 56.4 Å². The van der Waals surface area contributed by atoms with Gasteiger partial charge in [-0.05, 0) is 42.4 Å². The first kappa shape index (κ1) is 13.6. The van der Waals surface area contributed by atoms with Gasteiger partial charge in [0.1, 0.15) is 0 Å². The summed E-state index contributed by atoms with van der Waals surface area (Å²) in [6.45, 7) is 7.62. The van der Waals surface area contributed by atoms with Gasteiger partial charge in [-0.15, -0.1) is 0 Å². The molecule has 0 radical (unpaired) electrons. The van der Waals surface area contributed by atoms with Crippen LogP contribution in [-0.4, -0.2) is 11.0 Å². The fourth-order valence-corrected chi connectivity index (χ4v) is 2.67. The van der Waals surface area contributed by atoms with Crippen LogP contribution in [0.5, 0.6) is 0 Å². The van der Waals surface area contributed by atoms with E-state index in [1.165, 1.54) is 40.6 Å². The van der Waals surface area contributed by atoms with Crippen molar-refractivity contribution in [3.05, 3.63) is 41.1 Å². The summed E-state index contributed by atoms with van der Waals surface area (Å²) in [6, 6.07) is 9.63. The van der Waals surface area contributed by atoms with Gasteiger partial charge in [0.15, 0.2) is 0 Å². The Bertz CT molecular complexity index is 612. The molecule has 2 aromatic rings. The minimum atomic E-state index is 0.476. The number of aromatic nitrogens is 1. The molecule has 1 aliphatic rings. The van der Waals surface area contributed by atoms with Crippen molar-refractivity contribution in [2.75, 3.05) is 0 Å². The maximum atomic E-state index is 4.92. The third-order valence-electron chi connectivity index (χ3n) is 4.16. The van der Waals surface area contributed by atoms with Gasteiger partial charge >= 0.3 is 0 Å². The first-order valence-electron chi connectivity index (χ1n) is 7.83. The molecule has 1 heterocycles. The van der Waals surface area contributed by atoms with Crippen molar-refractivity contribution < 1.29 is 0 Å². The van der Waals surface area contributed by atoms with Crippen LogP contribution in [0.3, 0.4) is 0 Å². The number of aryl methyl sites for hydroxylation is 1. The van der Waals surface area contributed by atoms with Crippen molar-refractivity contribution in [2.24, 2.45) is 0 Å².